The van der Waals surface area contributed by atoms with Gasteiger partial charge in [-0.3, -0.25) is 4.79 Å². The zero-order valence-corrected chi connectivity index (χ0v) is 13.0. The fourth-order valence-corrected chi connectivity index (χ4v) is 2.88. The smallest absolute Gasteiger partial charge is 0.267 e. The molecule has 0 aliphatic heterocycles. The van der Waals surface area contributed by atoms with Crippen molar-refractivity contribution in [3.05, 3.63) is 18.0 Å². The maximum Gasteiger partial charge on any atom is 0.267 e. The molecule has 5 nitrogen and oxygen atoms in total. The van der Waals surface area contributed by atoms with Gasteiger partial charge < -0.3 is 9.88 Å². The molecule has 1 fully saturated rings. The largest absolute Gasteiger partial charge is 0.351 e. The Morgan fingerprint density at radius 1 is 1.50 bits per heavy atom. The Morgan fingerprint density at radius 3 is 2.75 bits per heavy atom. The molecular formula is C13H19ClN2O3S. The number of carbonyl (C=O) groups is 1. The van der Waals surface area contributed by atoms with Crippen molar-refractivity contribution in [1.29, 1.82) is 0 Å². The van der Waals surface area contributed by atoms with E-state index in [0.29, 0.717) is 18.8 Å². The Kier molecular flexibility index (Phi) is 4.75. The molecule has 1 saturated carbocycles. The number of nitrogens with zero attached hydrogens (tertiary/aromatic N) is 1. The van der Waals surface area contributed by atoms with E-state index in [1.807, 2.05) is 6.92 Å². The molecule has 0 unspecified atom stereocenters. The first kappa shape index (κ1) is 15.4. The molecule has 112 valence electrons. The van der Waals surface area contributed by atoms with Gasteiger partial charge in [-0.25, -0.2) is 8.42 Å². The van der Waals surface area contributed by atoms with Crippen LogP contribution in [0.5, 0.6) is 0 Å². The number of hydrogen-bond acceptors (Lipinski definition) is 3. The fourth-order valence-electron chi connectivity index (χ4n) is 2.12. The normalized spacial score (nSPS) is 15.3. The number of halogens is 1. The van der Waals surface area contributed by atoms with E-state index in [1.165, 1.54) is 25.1 Å². The monoisotopic (exact) mass is 318 g/mol. The maximum atomic E-state index is 12.1. The van der Waals surface area contributed by atoms with E-state index < -0.39 is 9.05 Å². The van der Waals surface area contributed by atoms with Crippen LogP contribution < -0.4 is 5.32 Å². The molecule has 0 spiro atoms. The lowest BCUT2D eigenvalue weighted by Gasteiger charge is -2.08. The molecule has 0 aromatic carbocycles. The van der Waals surface area contributed by atoms with Gasteiger partial charge in [0.2, 0.25) is 0 Å². The molecule has 1 amide bonds. The molecule has 1 aromatic heterocycles. The maximum absolute atomic E-state index is 12.1. The van der Waals surface area contributed by atoms with E-state index in [2.05, 4.69) is 5.32 Å². The van der Waals surface area contributed by atoms with Gasteiger partial charge in [-0.05, 0) is 24.8 Å². The van der Waals surface area contributed by atoms with E-state index in [0.717, 1.165) is 18.8 Å². The summed E-state index contributed by atoms with van der Waals surface area (Å²) in [7, 11) is 1.52. The first-order chi connectivity index (χ1) is 9.41. The van der Waals surface area contributed by atoms with Gasteiger partial charge in [0.05, 0.1) is 0 Å². The Labute approximate surface area is 123 Å². The van der Waals surface area contributed by atoms with Gasteiger partial charge >= 0.3 is 0 Å². The number of amides is 1. The zero-order valence-electron chi connectivity index (χ0n) is 11.4. The minimum atomic E-state index is -3.81. The Hall–Kier alpha value is -1.01. The second-order valence-electron chi connectivity index (χ2n) is 5.18. The summed E-state index contributed by atoms with van der Waals surface area (Å²) < 4.78 is 24.4. The van der Waals surface area contributed by atoms with Crippen LogP contribution in [0.25, 0.3) is 0 Å². The third kappa shape index (κ3) is 3.99. The predicted molar refractivity (Wildman–Crippen MR) is 77.4 cm³/mol. The molecule has 0 saturated heterocycles. The number of carbonyl (C=O) groups excluding carboxylic acids is 1. The van der Waals surface area contributed by atoms with Crippen molar-refractivity contribution in [2.75, 3.05) is 6.54 Å². The first-order valence-electron chi connectivity index (χ1n) is 6.85. The molecule has 7 heteroatoms. The number of nitrogens with one attached hydrogen (secondary N) is 1. The van der Waals surface area contributed by atoms with E-state index >= 15 is 0 Å². The predicted octanol–water partition coefficient (Wildman–Crippen LogP) is 2.36. The Bertz CT molecular complexity index is 591. The zero-order chi connectivity index (χ0) is 14.8. The van der Waals surface area contributed by atoms with Crippen LogP contribution in [0.3, 0.4) is 0 Å². The van der Waals surface area contributed by atoms with Crippen LogP contribution in [0.1, 0.15) is 43.1 Å². The average molecular weight is 319 g/mol. The number of aromatic nitrogens is 1. The van der Waals surface area contributed by atoms with Crippen LogP contribution in [0.2, 0.25) is 0 Å². The summed E-state index contributed by atoms with van der Waals surface area (Å²) in [5.41, 5.74) is 0.349. The summed E-state index contributed by atoms with van der Waals surface area (Å²) in [6.45, 7) is 3.17. The second kappa shape index (κ2) is 6.18. The number of aryl methyl sites for hydroxylation is 1. The molecular weight excluding hydrogens is 300 g/mol. The Balaban J connectivity index is 2.10. The summed E-state index contributed by atoms with van der Waals surface area (Å²) in [5, 5.41) is 2.84. The van der Waals surface area contributed by atoms with E-state index in [4.69, 9.17) is 10.7 Å². The van der Waals surface area contributed by atoms with Gasteiger partial charge in [-0.15, -0.1) is 0 Å². The molecule has 1 N–H and O–H groups in total. The molecule has 1 aliphatic carbocycles. The summed E-state index contributed by atoms with van der Waals surface area (Å²) >= 11 is 0. The lowest BCUT2D eigenvalue weighted by atomic mass is 10.3. The van der Waals surface area contributed by atoms with Gasteiger partial charge in [0.25, 0.3) is 15.0 Å². The number of rotatable bonds is 7. The highest BCUT2D eigenvalue weighted by atomic mass is 35.7. The quantitative estimate of drug-likeness (QED) is 0.785. The van der Waals surface area contributed by atoms with Crippen LogP contribution in [0.15, 0.2) is 17.2 Å². The van der Waals surface area contributed by atoms with Crippen molar-refractivity contribution in [3.8, 4) is 0 Å². The van der Waals surface area contributed by atoms with Crippen LogP contribution >= 0.6 is 10.7 Å². The molecule has 2 rings (SSSR count). The highest BCUT2D eigenvalue weighted by molar-refractivity contribution is 8.13. The van der Waals surface area contributed by atoms with E-state index in [9.17, 15) is 13.2 Å². The van der Waals surface area contributed by atoms with Crippen LogP contribution in [0, 0.1) is 5.92 Å². The first-order valence-corrected chi connectivity index (χ1v) is 9.15. The highest BCUT2D eigenvalue weighted by Gasteiger charge is 2.22. The van der Waals surface area contributed by atoms with Crippen molar-refractivity contribution >= 4 is 25.6 Å². The number of hydrogen-bond donors (Lipinski definition) is 1. The summed E-state index contributed by atoms with van der Waals surface area (Å²) in [6, 6.07) is 1.34. The van der Waals surface area contributed by atoms with Crippen molar-refractivity contribution in [2.24, 2.45) is 5.92 Å². The highest BCUT2D eigenvalue weighted by Crippen LogP contribution is 2.31. The molecule has 1 aromatic rings. The van der Waals surface area contributed by atoms with Crippen LogP contribution in [0.4, 0.5) is 0 Å². The molecule has 0 atom stereocenters. The minimum absolute atomic E-state index is 0.0278. The molecule has 0 radical (unpaired) electrons. The molecule has 20 heavy (non-hydrogen) atoms. The third-order valence-corrected chi connectivity index (χ3v) is 4.71. The van der Waals surface area contributed by atoms with E-state index in [1.54, 1.807) is 4.57 Å². The van der Waals surface area contributed by atoms with Crippen molar-refractivity contribution < 1.29 is 13.2 Å². The fraction of sp³-hybridized carbons (Fsp3) is 0.615. The topological polar surface area (TPSA) is 68.2 Å². The summed E-state index contributed by atoms with van der Waals surface area (Å²) in [6.07, 6.45) is 5.70. The van der Waals surface area contributed by atoms with Gasteiger partial charge in [0, 0.05) is 30.0 Å². The van der Waals surface area contributed by atoms with Gasteiger partial charge in [-0.2, -0.15) is 0 Å². The standard InChI is InChI=1S/C13H19ClN2O3S/c1-2-7-16-9-11(20(14,18)19)8-12(16)13(17)15-6-5-10-3-4-10/h8-10H,2-7H2,1H3,(H,15,17). The summed E-state index contributed by atoms with van der Waals surface area (Å²) in [5.74, 6) is 0.502. The SMILES string of the molecule is CCCn1cc(S(=O)(=O)Cl)cc1C(=O)NCCC1CC1. The van der Waals surface area contributed by atoms with Crippen molar-refractivity contribution in [3.63, 3.8) is 0 Å². The molecule has 1 heterocycles. The molecule has 1 aliphatic rings. The Morgan fingerprint density at radius 2 is 2.20 bits per heavy atom. The summed E-state index contributed by atoms with van der Waals surface area (Å²) in [4.78, 5) is 12.1. The second-order valence-corrected chi connectivity index (χ2v) is 7.75. The van der Waals surface area contributed by atoms with Crippen molar-refractivity contribution in [2.45, 2.75) is 44.0 Å². The van der Waals surface area contributed by atoms with Crippen molar-refractivity contribution in [1.82, 2.24) is 9.88 Å². The minimum Gasteiger partial charge on any atom is -0.351 e. The van der Waals surface area contributed by atoms with Crippen LogP contribution in [-0.2, 0) is 15.6 Å². The van der Waals surface area contributed by atoms with Gasteiger partial charge in [0.15, 0.2) is 0 Å². The average Bonchev–Trinajstić information content (AvgIpc) is 3.06. The molecule has 0 bridgehead atoms. The van der Waals surface area contributed by atoms with Crippen LogP contribution in [-0.4, -0.2) is 25.4 Å². The lowest BCUT2D eigenvalue weighted by molar-refractivity contribution is 0.0943. The van der Waals surface area contributed by atoms with Gasteiger partial charge in [0.1, 0.15) is 10.6 Å². The van der Waals surface area contributed by atoms with Gasteiger partial charge in [-0.1, -0.05) is 19.8 Å². The van der Waals surface area contributed by atoms with E-state index in [-0.39, 0.29) is 10.8 Å². The lowest BCUT2D eigenvalue weighted by Crippen LogP contribution is -2.27. The third-order valence-electron chi connectivity index (χ3n) is 3.39.